The predicted octanol–water partition coefficient (Wildman–Crippen LogP) is 1.19. The molecule has 2 rings (SSSR count). The van der Waals surface area contributed by atoms with Crippen molar-refractivity contribution in [2.75, 3.05) is 6.61 Å². The van der Waals surface area contributed by atoms with Gasteiger partial charge in [0.2, 0.25) is 0 Å². The fourth-order valence-corrected chi connectivity index (χ4v) is 2.10. The van der Waals surface area contributed by atoms with Crippen LogP contribution in [0.25, 0.3) is 0 Å². The van der Waals surface area contributed by atoms with Crippen molar-refractivity contribution >= 4 is 0 Å². The third-order valence-corrected chi connectivity index (χ3v) is 2.65. The Morgan fingerprint density at radius 1 is 1.33 bits per heavy atom. The smallest absolute Gasteiger partial charge is 0.0465 e. The Morgan fingerprint density at radius 2 is 2.22 bits per heavy atom. The van der Waals surface area contributed by atoms with Crippen LogP contribution in [0.4, 0.5) is 0 Å². The van der Waals surface area contributed by atoms with Gasteiger partial charge in [-0.25, -0.2) is 0 Å². The highest BCUT2D eigenvalue weighted by molar-refractivity contribution is 5.09. The Morgan fingerprint density at radius 3 is 2.56 bits per heavy atom. The molecule has 0 amide bonds. The van der Waals surface area contributed by atoms with Crippen molar-refractivity contribution in [3.05, 3.63) is 12.2 Å². The Balaban J connectivity index is 2.10. The van der Waals surface area contributed by atoms with E-state index in [9.17, 15) is 0 Å². The first-order valence-electron chi connectivity index (χ1n) is 3.69. The molecule has 0 aromatic rings. The summed E-state index contributed by atoms with van der Waals surface area (Å²) in [5, 5.41) is 8.85. The number of aliphatic hydroxyl groups excluding tert-OH is 1. The summed E-state index contributed by atoms with van der Waals surface area (Å²) in [5.74, 6) is 2.13. The van der Waals surface area contributed by atoms with Crippen molar-refractivity contribution in [3.8, 4) is 0 Å². The lowest BCUT2D eigenvalue weighted by Gasteiger charge is -2.13. The van der Waals surface area contributed by atoms with Crippen LogP contribution < -0.4 is 0 Å². The highest BCUT2D eigenvalue weighted by atomic mass is 16.3. The number of rotatable bonds is 1. The molecule has 9 heavy (non-hydrogen) atoms. The largest absolute Gasteiger partial charge is 0.396 e. The molecule has 50 valence electrons. The molecule has 0 aromatic heterocycles. The predicted molar refractivity (Wildman–Crippen MR) is 35.9 cm³/mol. The maximum Gasteiger partial charge on any atom is 0.0465 e. The number of hydrogen-bond donors (Lipinski definition) is 1. The van der Waals surface area contributed by atoms with Crippen LogP contribution in [0.3, 0.4) is 0 Å². The topological polar surface area (TPSA) is 20.2 Å². The molecule has 0 aliphatic heterocycles. The van der Waals surface area contributed by atoms with Crippen molar-refractivity contribution < 1.29 is 5.11 Å². The lowest BCUT2D eigenvalue weighted by Crippen LogP contribution is -2.10. The Bertz CT molecular complexity index is 140. The van der Waals surface area contributed by atoms with E-state index in [1.807, 2.05) is 0 Å². The number of aliphatic hydroxyl groups is 1. The van der Waals surface area contributed by atoms with Gasteiger partial charge in [0.15, 0.2) is 0 Å². The van der Waals surface area contributed by atoms with E-state index in [1.54, 1.807) is 0 Å². The summed E-state index contributed by atoms with van der Waals surface area (Å²) < 4.78 is 0. The van der Waals surface area contributed by atoms with E-state index in [-0.39, 0.29) is 0 Å². The van der Waals surface area contributed by atoms with Crippen molar-refractivity contribution in [1.82, 2.24) is 0 Å². The quantitative estimate of drug-likeness (QED) is 0.520. The molecule has 0 aromatic carbocycles. The summed E-state index contributed by atoms with van der Waals surface area (Å²) in [6.45, 7) is 0.394. The first-order valence-corrected chi connectivity index (χ1v) is 3.69. The fraction of sp³-hybridized carbons (Fsp3) is 0.750. The summed E-state index contributed by atoms with van der Waals surface area (Å²) in [6.07, 6.45) is 7.12. The van der Waals surface area contributed by atoms with Gasteiger partial charge in [-0.2, -0.15) is 0 Å². The normalized spacial score (nSPS) is 46.6. The molecular formula is C8H12O. The average molecular weight is 124 g/mol. The summed E-state index contributed by atoms with van der Waals surface area (Å²) in [7, 11) is 0. The minimum Gasteiger partial charge on any atom is -0.396 e. The Kier molecular flexibility index (Phi) is 1.12. The van der Waals surface area contributed by atoms with Gasteiger partial charge in [-0.1, -0.05) is 12.2 Å². The van der Waals surface area contributed by atoms with E-state index in [0.29, 0.717) is 12.5 Å². The maximum atomic E-state index is 8.85. The van der Waals surface area contributed by atoms with E-state index in [0.717, 1.165) is 11.8 Å². The molecule has 0 spiro atoms. The van der Waals surface area contributed by atoms with Crippen LogP contribution >= 0.6 is 0 Å². The number of fused-ring (bicyclic) bond motifs is 2. The van der Waals surface area contributed by atoms with Crippen LogP contribution in [0.5, 0.6) is 0 Å². The Hall–Kier alpha value is -0.300. The van der Waals surface area contributed by atoms with Crippen LogP contribution in [0.1, 0.15) is 12.8 Å². The van der Waals surface area contributed by atoms with Gasteiger partial charge in [0, 0.05) is 6.61 Å². The summed E-state index contributed by atoms with van der Waals surface area (Å²) in [6, 6.07) is 0. The van der Waals surface area contributed by atoms with Gasteiger partial charge in [0.05, 0.1) is 0 Å². The van der Waals surface area contributed by atoms with Crippen molar-refractivity contribution in [2.45, 2.75) is 12.8 Å². The van der Waals surface area contributed by atoms with Crippen molar-refractivity contribution in [1.29, 1.82) is 0 Å². The van der Waals surface area contributed by atoms with E-state index in [2.05, 4.69) is 12.2 Å². The average Bonchev–Trinajstić information content (AvgIpc) is 2.45. The first-order chi connectivity index (χ1) is 4.40. The zero-order chi connectivity index (χ0) is 6.27. The summed E-state index contributed by atoms with van der Waals surface area (Å²) in [5.41, 5.74) is 0. The molecule has 2 bridgehead atoms. The van der Waals surface area contributed by atoms with Crippen LogP contribution in [0.15, 0.2) is 12.2 Å². The van der Waals surface area contributed by atoms with Crippen LogP contribution in [0, 0.1) is 17.8 Å². The first kappa shape index (κ1) is 5.48. The van der Waals surface area contributed by atoms with Crippen molar-refractivity contribution in [2.24, 2.45) is 17.8 Å². The molecule has 1 N–H and O–H groups in total. The van der Waals surface area contributed by atoms with Crippen molar-refractivity contribution in [3.63, 3.8) is 0 Å². The molecule has 2 aliphatic carbocycles. The van der Waals surface area contributed by atoms with Gasteiger partial charge in [0.25, 0.3) is 0 Å². The van der Waals surface area contributed by atoms with Gasteiger partial charge in [0.1, 0.15) is 0 Å². The molecular weight excluding hydrogens is 112 g/mol. The molecule has 2 unspecified atom stereocenters. The molecule has 0 heterocycles. The van der Waals surface area contributed by atoms with Crippen LogP contribution in [0.2, 0.25) is 0 Å². The molecule has 1 heteroatoms. The van der Waals surface area contributed by atoms with Crippen LogP contribution in [-0.4, -0.2) is 11.7 Å². The minimum absolute atomic E-state index is 0.394. The van der Waals surface area contributed by atoms with E-state index < -0.39 is 0 Å². The number of hydrogen-bond acceptors (Lipinski definition) is 1. The molecule has 2 aliphatic rings. The third-order valence-electron chi connectivity index (χ3n) is 2.65. The number of allylic oxidation sites excluding steroid dienone is 2. The third kappa shape index (κ3) is 0.715. The highest BCUT2D eigenvalue weighted by Gasteiger charge is 2.34. The SMILES string of the molecule is OCC1C[C@@H]2C=CC1C2. The second-order valence-corrected chi connectivity index (χ2v) is 3.22. The van der Waals surface area contributed by atoms with Gasteiger partial charge in [-0.3, -0.25) is 0 Å². The van der Waals surface area contributed by atoms with Gasteiger partial charge >= 0.3 is 0 Å². The lowest BCUT2D eigenvalue weighted by atomic mass is 9.95. The van der Waals surface area contributed by atoms with Gasteiger partial charge in [-0.05, 0) is 30.6 Å². The van der Waals surface area contributed by atoms with E-state index >= 15 is 0 Å². The summed E-state index contributed by atoms with van der Waals surface area (Å²) in [4.78, 5) is 0. The van der Waals surface area contributed by atoms with Gasteiger partial charge < -0.3 is 5.11 Å². The van der Waals surface area contributed by atoms with E-state index in [1.165, 1.54) is 12.8 Å². The second kappa shape index (κ2) is 1.84. The zero-order valence-corrected chi connectivity index (χ0v) is 5.46. The molecule has 0 saturated heterocycles. The monoisotopic (exact) mass is 124 g/mol. The standard InChI is InChI=1S/C8H12O/c9-5-8-4-6-1-2-7(8)3-6/h1-2,6-9H,3-5H2/t6-,7?,8?/m1/s1. The van der Waals surface area contributed by atoms with E-state index in [4.69, 9.17) is 5.11 Å². The Labute approximate surface area is 55.4 Å². The molecule has 0 radical (unpaired) electrons. The van der Waals surface area contributed by atoms with Gasteiger partial charge in [-0.15, -0.1) is 0 Å². The minimum atomic E-state index is 0.394. The summed E-state index contributed by atoms with van der Waals surface area (Å²) >= 11 is 0. The molecule has 1 saturated carbocycles. The molecule has 1 fully saturated rings. The molecule has 1 nitrogen and oxygen atoms in total. The fourth-order valence-electron chi connectivity index (χ4n) is 2.10. The zero-order valence-electron chi connectivity index (χ0n) is 5.46. The lowest BCUT2D eigenvalue weighted by molar-refractivity contribution is 0.207. The molecule has 3 atom stereocenters. The van der Waals surface area contributed by atoms with Crippen LogP contribution in [-0.2, 0) is 0 Å². The highest BCUT2D eigenvalue weighted by Crippen LogP contribution is 2.42. The maximum absolute atomic E-state index is 8.85. The second-order valence-electron chi connectivity index (χ2n) is 3.22.